The molecule has 0 amide bonds. The van der Waals surface area contributed by atoms with Crippen LogP contribution >= 0.6 is 11.8 Å². The van der Waals surface area contributed by atoms with Crippen molar-refractivity contribution >= 4 is 22.8 Å². The third-order valence-electron chi connectivity index (χ3n) is 3.20. The van der Waals surface area contributed by atoms with Crippen LogP contribution in [0.1, 0.15) is 19.3 Å². The van der Waals surface area contributed by atoms with Crippen LogP contribution in [-0.2, 0) is 0 Å². The largest absolute Gasteiger partial charge is 0.333 e. The zero-order chi connectivity index (χ0) is 11.5. The standard InChI is InChI=1S/C13H17N3S/c1-2-7-12-11(6-1)15-13(16-12)17-9-10-5-3-4-8-14-10/h1-2,6-7,10,14H,3-5,8-9H2,(H,15,16). The highest BCUT2D eigenvalue weighted by molar-refractivity contribution is 7.99. The number of para-hydroxylation sites is 2. The second-order valence-electron chi connectivity index (χ2n) is 4.52. The van der Waals surface area contributed by atoms with Gasteiger partial charge < -0.3 is 10.3 Å². The first-order valence-corrected chi connectivity index (χ1v) is 7.21. The summed E-state index contributed by atoms with van der Waals surface area (Å²) in [4.78, 5) is 7.94. The third-order valence-corrected chi connectivity index (χ3v) is 4.24. The number of H-pyrrole nitrogens is 1. The van der Waals surface area contributed by atoms with Crippen molar-refractivity contribution in [1.82, 2.24) is 15.3 Å². The van der Waals surface area contributed by atoms with Gasteiger partial charge in [0, 0.05) is 11.8 Å². The van der Waals surface area contributed by atoms with Crippen LogP contribution in [0.3, 0.4) is 0 Å². The number of aromatic nitrogens is 2. The molecule has 4 heteroatoms. The fourth-order valence-corrected chi connectivity index (χ4v) is 3.23. The topological polar surface area (TPSA) is 40.7 Å². The van der Waals surface area contributed by atoms with Gasteiger partial charge in [-0.3, -0.25) is 0 Å². The molecule has 0 radical (unpaired) electrons. The van der Waals surface area contributed by atoms with E-state index in [0.717, 1.165) is 21.9 Å². The van der Waals surface area contributed by atoms with Gasteiger partial charge in [-0.15, -0.1) is 0 Å². The molecule has 1 saturated heterocycles. The van der Waals surface area contributed by atoms with Crippen LogP contribution in [0.15, 0.2) is 29.4 Å². The number of thioether (sulfide) groups is 1. The monoisotopic (exact) mass is 247 g/mol. The normalized spacial score (nSPS) is 20.8. The van der Waals surface area contributed by atoms with Gasteiger partial charge in [0.05, 0.1) is 11.0 Å². The summed E-state index contributed by atoms with van der Waals surface area (Å²) in [5, 5.41) is 4.60. The summed E-state index contributed by atoms with van der Waals surface area (Å²) >= 11 is 1.82. The van der Waals surface area contributed by atoms with E-state index in [9.17, 15) is 0 Å². The third kappa shape index (κ3) is 2.64. The summed E-state index contributed by atoms with van der Waals surface area (Å²) in [6.45, 7) is 1.17. The lowest BCUT2D eigenvalue weighted by Gasteiger charge is -2.22. The molecule has 0 bridgehead atoms. The maximum Gasteiger partial charge on any atom is 0.166 e. The van der Waals surface area contributed by atoms with Crippen LogP contribution in [0.4, 0.5) is 0 Å². The van der Waals surface area contributed by atoms with Crippen molar-refractivity contribution in [3.8, 4) is 0 Å². The quantitative estimate of drug-likeness (QED) is 0.819. The van der Waals surface area contributed by atoms with Gasteiger partial charge in [0.2, 0.25) is 0 Å². The number of hydrogen-bond acceptors (Lipinski definition) is 3. The molecule has 0 spiro atoms. The maximum absolute atomic E-state index is 4.58. The Hall–Kier alpha value is -1.00. The summed E-state index contributed by atoms with van der Waals surface area (Å²) in [5.41, 5.74) is 2.19. The van der Waals surface area contributed by atoms with E-state index in [4.69, 9.17) is 0 Å². The Morgan fingerprint density at radius 3 is 3.06 bits per heavy atom. The van der Waals surface area contributed by atoms with Gasteiger partial charge >= 0.3 is 0 Å². The van der Waals surface area contributed by atoms with Gasteiger partial charge in [-0.05, 0) is 31.5 Å². The Kier molecular flexibility index (Phi) is 3.34. The fraction of sp³-hybridized carbons (Fsp3) is 0.462. The number of rotatable bonds is 3. The van der Waals surface area contributed by atoms with E-state index in [-0.39, 0.29) is 0 Å². The average molecular weight is 247 g/mol. The van der Waals surface area contributed by atoms with E-state index in [0.29, 0.717) is 6.04 Å². The Morgan fingerprint density at radius 2 is 2.24 bits per heavy atom. The predicted octanol–water partition coefficient (Wildman–Crippen LogP) is 2.80. The molecule has 2 N–H and O–H groups in total. The van der Waals surface area contributed by atoms with Gasteiger partial charge in [-0.2, -0.15) is 0 Å². The first-order valence-electron chi connectivity index (χ1n) is 6.23. The predicted molar refractivity (Wildman–Crippen MR) is 72.5 cm³/mol. The number of nitrogens with zero attached hydrogens (tertiary/aromatic N) is 1. The molecular weight excluding hydrogens is 230 g/mol. The van der Waals surface area contributed by atoms with Crippen molar-refractivity contribution < 1.29 is 0 Å². The molecule has 1 aromatic carbocycles. The molecule has 0 saturated carbocycles. The molecule has 2 heterocycles. The van der Waals surface area contributed by atoms with Crippen molar-refractivity contribution in [3.63, 3.8) is 0 Å². The van der Waals surface area contributed by atoms with Gasteiger partial charge in [0.15, 0.2) is 5.16 Å². The van der Waals surface area contributed by atoms with E-state index in [1.807, 2.05) is 23.9 Å². The van der Waals surface area contributed by atoms with Crippen LogP contribution in [0, 0.1) is 0 Å². The summed E-state index contributed by atoms with van der Waals surface area (Å²) < 4.78 is 0. The van der Waals surface area contributed by atoms with Crippen molar-refractivity contribution in [2.75, 3.05) is 12.3 Å². The maximum atomic E-state index is 4.58. The van der Waals surface area contributed by atoms with E-state index in [1.165, 1.54) is 25.8 Å². The summed E-state index contributed by atoms with van der Waals surface area (Å²) in [5.74, 6) is 1.11. The number of nitrogens with one attached hydrogen (secondary N) is 2. The minimum Gasteiger partial charge on any atom is -0.333 e. The lowest BCUT2D eigenvalue weighted by atomic mass is 10.1. The van der Waals surface area contributed by atoms with E-state index < -0.39 is 0 Å². The van der Waals surface area contributed by atoms with Crippen molar-refractivity contribution in [3.05, 3.63) is 24.3 Å². The fourth-order valence-electron chi connectivity index (χ4n) is 2.24. The molecule has 3 nitrogen and oxygen atoms in total. The lowest BCUT2D eigenvalue weighted by Crippen LogP contribution is -2.35. The first kappa shape index (κ1) is 11.1. The Morgan fingerprint density at radius 1 is 1.29 bits per heavy atom. The van der Waals surface area contributed by atoms with Gasteiger partial charge in [-0.25, -0.2) is 4.98 Å². The lowest BCUT2D eigenvalue weighted by molar-refractivity contribution is 0.430. The molecule has 1 aliphatic heterocycles. The molecule has 1 aliphatic rings. The zero-order valence-corrected chi connectivity index (χ0v) is 10.6. The molecule has 1 fully saturated rings. The van der Waals surface area contributed by atoms with Crippen LogP contribution < -0.4 is 5.32 Å². The highest BCUT2D eigenvalue weighted by atomic mass is 32.2. The minimum atomic E-state index is 0.655. The summed E-state index contributed by atoms with van der Waals surface area (Å²) in [7, 11) is 0. The van der Waals surface area contributed by atoms with Crippen LogP contribution in [0.25, 0.3) is 11.0 Å². The molecule has 0 aliphatic carbocycles. The molecule has 1 atom stereocenters. The molecule has 1 aromatic heterocycles. The number of aromatic amines is 1. The molecule has 17 heavy (non-hydrogen) atoms. The summed E-state index contributed by atoms with van der Waals surface area (Å²) in [6.07, 6.45) is 3.98. The molecule has 3 rings (SSSR count). The second-order valence-corrected chi connectivity index (χ2v) is 5.53. The molecular formula is C13H17N3S. The number of piperidine rings is 1. The number of imidazole rings is 1. The van der Waals surface area contributed by atoms with Crippen molar-refractivity contribution in [2.24, 2.45) is 0 Å². The van der Waals surface area contributed by atoms with E-state index in [1.54, 1.807) is 0 Å². The molecule has 1 unspecified atom stereocenters. The van der Waals surface area contributed by atoms with Crippen molar-refractivity contribution in [1.29, 1.82) is 0 Å². The Labute approximate surface area is 105 Å². The Balaban J connectivity index is 1.64. The molecule has 90 valence electrons. The smallest absolute Gasteiger partial charge is 0.166 e. The zero-order valence-electron chi connectivity index (χ0n) is 9.78. The highest BCUT2D eigenvalue weighted by Gasteiger charge is 2.13. The van der Waals surface area contributed by atoms with Crippen LogP contribution in [0.2, 0.25) is 0 Å². The minimum absolute atomic E-state index is 0.655. The van der Waals surface area contributed by atoms with E-state index >= 15 is 0 Å². The van der Waals surface area contributed by atoms with Gasteiger partial charge in [0.25, 0.3) is 0 Å². The van der Waals surface area contributed by atoms with Gasteiger partial charge in [0.1, 0.15) is 0 Å². The average Bonchev–Trinajstić information content (AvgIpc) is 2.80. The second kappa shape index (κ2) is 5.10. The van der Waals surface area contributed by atoms with Crippen LogP contribution in [-0.4, -0.2) is 28.3 Å². The van der Waals surface area contributed by atoms with Crippen molar-refractivity contribution in [2.45, 2.75) is 30.5 Å². The SMILES string of the molecule is c1ccc2[nH]c(SCC3CCCCN3)nc2c1. The highest BCUT2D eigenvalue weighted by Crippen LogP contribution is 2.21. The van der Waals surface area contributed by atoms with Gasteiger partial charge in [-0.1, -0.05) is 30.3 Å². The number of benzene rings is 1. The number of fused-ring (bicyclic) bond motifs is 1. The molecule has 2 aromatic rings. The summed E-state index contributed by atoms with van der Waals surface area (Å²) in [6, 6.07) is 8.85. The van der Waals surface area contributed by atoms with E-state index in [2.05, 4.69) is 27.4 Å². The number of hydrogen-bond donors (Lipinski definition) is 2. The van der Waals surface area contributed by atoms with Crippen LogP contribution in [0.5, 0.6) is 0 Å². The first-order chi connectivity index (χ1) is 8.42. The Bertz CT molecular complexity index is 455.